The number of hydrogen-bond donors (Lipinski definition) is 2. The lowest BCUT2D eigenvalue weighted by atomic mass is 10.1. The second kappa shape index (κ2) is 4.59. The normalized spacial score (nSPS) is 10.3. The number of aromatic amines is 1. The highest BCUT2D eigenvalue weighted by molar-refractivity contribution is 6.31. The van der Waals surface area contributed by atoms with Gasteiger partial charge in [-0.15, -0.1) is 0 Å². The number of aromatic nitrogens is 2. The lowest BCUT2D eigenvalue weighted by molar-refractivity contribution is 0.102. The Kier molecular flexibility index (Phi) is 3.15. The number of aryl methyl sites for hydroxylation is 2. The Morgan fingerprint density at radius 1 is 1.35 bits per heavy atom. The van der Waals surface area contributed by atoms with Gasteiger partial charge in [-0.25, -0.2) is 0 Å². The summed E-state index contributed by atoms with van der Waals surface area (Å²) in [5, 5.41) is 9.95. The van der Waals surface area contributed by atoms with Crippen LogP contribution in [0.15, 0.2) is 24.3 Å². The van der Waals surface area contributed by atoms with E-state index in [4.69, 9.17) is 11.6 Å². The molecule has 0 radical (unpaired) electrons. The Balaban J connectivity index is 2.22. The van der Waals surface area contributed by atoms with Crippen LogP contribution in [0.5, 0.6) is 0 Å². The number of benzene rings is 1. The van der Waals surface area contributed by atoms with Crippen molar-refractivity contribution in [1.82, 2.24) is 10.2 Å². The van der Waals surface area contributed by atoms with Gasteiger partial charge in [-0.1, -0.05) is 17.7 Å². The van der Waals surface area contributed by atoms with E-state index in [0.29, 0.717) is 16.4 Å². The van der Waals surface area contributed by atoms with Crippen molar-refractivity contribution in [2.45, 2.75) is 13.8 Å². The van der Waals surface area contributed by atoms with Crippen LogP contribution in [-0.2, 0) is 0 Å². The maximum atomic E-state index is 12.0. The molecular weight excluding hydrogens is 238 g/mol. The summed E-state index contributed by atoms with van der Waals surface area (Å²) in [5.74, 6) is 0.295. The van der Waals surface area contributed by atoms with Gasteiger partial charge < -0.3 is 5.32 Å². The Hall–Kier alpha value is -1.81. The number of halogens is 1. The molecule has 0 aliphatic heterocycles. The van der Waals surface area contributed by atoms with E-state index in [9.17, 15) is 4.79 Å². The minimum absolute atomic E-state index is 0.212. The number of hydrogen-bond acceptors (Lipinski definition) is 2. The molecule has 2 rings (SSSR count). The van der Waals surface area contributed by atoms with Gasteiger partial charge >= 0.3 is 0 Å². The first-order valence-electron chi connectivity index (χ1n) is 5.16. The number of amides is 1. The average molecular weight is 250 g/mol. The summed E-state index contributed by atoms with van der Waals surface area (Å²) in [4.78, 5) is 12.0. The fourth-order valence-corrected chi connectivity index (χ4v) is 1.68. The third-order valence-corrected chi connectivity index (χ3v) is 2.63. The molecule has 0 unspecified atom stereocenters. The monoisotopic (exact) mass is 249 g/mol. The summed E-state index contributed by atoms with van der Waals surface area (Å²) < 4.78 is 0. The van der Waals surface area contributed by atoms with Crippen LogP contribution in [0.25, 0.3) is 0 Å². The summed E-state index contributed by atoms with van der Waals surface area (Å²) in [7, 11) is 0. The van der Waals surface area contributed by atoms with E-state index in [0.717, 1.165) is 11.3 Å². The molecule has 1 aromatic heterocycles. The van der Waals surface area contributed by atoms with E-state index >= 15 is 0 Å². The number of carbonyl (C=O) groups is 1. The largest absolute Gasteiger partial charge is 0.305 e. The van der Waals surface area contributed by atoms with Crippen LogP contribution in [0.1, 0.15) is 21.6 Å². The minimum atomic E-state index is -0.212. The van der Waals surface area contributed by atoms with Gasteiger partial charge in [-0.3, -0.25) is 9.89 Å². The van der Waals surface area contributed by atoms with Gasteiger partial charge in [-0.05, 0) is 31.5 Å². The summed E-state index contributed by atoms with van der Waals surface area (Å²) in [6.45, 7) is 3.73. The number of nitrogens with one attached hydrogen (secondary N) is 2. The molecule has 0 aliphatic carbocycles. The second-order valence-corrected chi connectivity index (χ2v) is 4.29. The van der Waals surface area contributed by atoms with Crippen LogP contribution in [-0.4, -0.2) is 16.1 Å². The molecule has 4 nitrogen and oxygen atoms in total. The van der Waals surface area contributed by atoms with Crippen molar-refractivity contribution in [3.63, 3.8) is 0 Å². The number of nitrogens with zero attached hydrogens (tertiary/aromatic N) is 1. The molecule has 2 N–H and O–H groups in total. The van der Waals surface area contributed by atoms with Crippen molar-refractivity contribution in [2.24, 2.45) is 0 Å². The third kappa shape index (κ3) is 2.65. The van der Waals surface area contributed by atoms with Crippen LogP contribution in [0.2, 0.25) is 5.02 Å². The molecule has 0 fully saturated rings. The van der Waals surface area contributed by atoms with Crippen molar-refractivity contribution < 1.29 is 4.79 Å². The molecular formula is C12H12ClN3O. The molecule has 0 spiro atoms. The summed E-state index contributed by atoms with van der Waals surface area (Å²) in [6.07, 6.45) is 0. The quantitative estimate of drug-likeness (QED) is 0.860. The summed E-state index contributed by atoms with van der Waals surface area (Å²) >= 11 is 5.87. The van der Waals surface area contributed by atoms with Crippen LogP contribution in [0.4, 0.5) is 5.82 Å². The predicted molar refractivity (Wildman–Crippen MR) is 67.5 cm³/mol. The van der Waals surface area contributed by atoms with E-state index in [1.54, 1.807) is 18.2 Å². The molecule has 0 saturated heterocycles. The van der Waals surface area contributed by atoms with Gasteiger partial charge in [0.15, 0.2) is 5.82 Å². The summed E-state index contributed by atoms with van der Waals surface area (Å²) in [5.41, 5.74) is 2.32. The van der Waals surface area contributed by atoms with Crippen molar-refractivity contribution in [3.05, 3.63) is 46.1 Å². The molecule has 88 valence electrons. The highest BCUT2D eigenvalue weighted by atomic mass is 35.5. The zero-order chi connectivity index (χ0) is 12.4. The van der Waals surface area contributed by atoms with Crippen LogP contribution < -0.4 is 5.32 Å². The maximum Gasteiger partial charge on any atom is 0.257 e. The number of carbonyl (C=O) groups excluding carboxylic acids is 1. The molecule has 1 amide bonds. The van der Waals surface area contributed by atoms with Crippen molar-refractivity contribution >= 4 is 23.3 Å². The molecule has 2 aromatic rings. The van der Waals surface area contributed by atoms with E-state index in [1.807, 2.05) is 19.9 Å². The Labute approximate surface area is 104 Å². The van der Waals surface area contributed by atoms with Crippen LogP contribution >= 0.6 is 11.6 Å². The van der Waals surface area contributed by atoms with Gasteiger partial charge in [0.2, 0.25) is 0 Å². The van der Waals surface area contributed by atoms with E-state index in [1.165, 1.54) is 0 Å². The Morgan fingerprint density at radius 3 is 2.76 bits per heavy atom. The number of anilines is 1. The second-order valence-electron chi connectivity index (χ2n) is 3.85. The number of rotatable bonds is 2. The fraction of sp³-hybridized carbons (Fsp3) is 0.167. The smallest absolute Gasteiger partial charge is 0.257 e. The molecule has 17 heavy (non-hydrogen) atoms. The topological polar surface area (TPSA) is 57.8 Å². The van der Waals surface area contributed by atoms with Gasteiger partial charge in [-0.2, -0.15) is 5.10 Å². The molecule has 0 saturated carbocycles. The van der Waals surface area contributed by atoms with Crippen LogP contribution in [0, 0.1) is 13.8 Å². The van der Waals surface area contributed by atoms with E-state index < -0.39 is 0 Å². The highest BCUT2D eigenvalue weighted by Gasteiger charge is 2.11. The molecule has 0 atom stereocenters. The van der Waals surface area contributed by atoms with Crippen molar-refractivity contribution in [1.29, 1.82) is 0 Å². The molecule has 1 heterocycles. The molecule has 0 aliphatic rings. The fourth-order valence-electron chi connectivity index (χ4n) is 1.50. The SMILES string of the molecule is Cc1cc(NC(=O)c2cc(Cl)ccc2C)n[nH]1. The first-order chi connectivity index (χ1) is 8.06. The zero-order valence-corrected chi connectivity index (χ0v) is 10.3. The maximum absolute atomic E-state index is 12.0. The van der Waals surface area contributed by atoms with E-state index in [-0.39, 0.29) is 5.91 Å². The minimum Gasteiger partial charge on any atom is -0.305 e. The first kappa shape index (κ1) is 11.7. The van der Waals surface area contributed by atoms with Gasteiger partial charge in [0.1, 0.15) is 0 Å². The highest BCUT2D eigenvalue weighted by Crippen LogP contribution is 2.16. The standard InChI is InChI=1S/C12H12ClN3O/c1-7-3-4-9(13)6-10(7)12(17)14-11-5-8(2)15-16-11/h3-6H,1-2H3,(H2,14,15,16,17). The van der Waals surface area contributed by atoms with E-state index in [2.05, 4.69) is 15.5 Å². The molecule has 1 aromatic carbocycles. The van der Waals surface area contributed by atoms with Gasteiger partial charge in [0.25, 0.3) is 5.91 Å². The first-order valence-corrected chi connectivity index (χ1v) is 5.53. The van der Waals surface area contributed by atoms with Crippen molar-refractivity contribution in [3.8, 4) is 0 Å². The predicted octanol–water partition coefficient (Wildman–Crippen LogP) is 2.93. The van der Waals surface area contributed by atoms with Gasteiger partial charge in [0.05, 0.1) is 0 Å². The third-order valence-electron chi connectivity index (χ3n) is 2.39. The van der Waals surface area contributed by atoms with Gasteiger partial charge in [0, 0.05) is 22.3 Å². The zero-order valence-electron chi connectivity index (χ0n) is 9.54. The molecule has 5 heteroatoms. The summed E-state index contributed by atoms with van der Waals surface area (Å²) in [6, 6.07) is 6.98. The Morgan fingerprint density at radius 2 is 2.12 bits per heavy atom. The average Bonchev–Trinajstić information content (AvgIpc) is 2.67. The number of H-pyrrole nitrogens is 1. The lowest BCUT2D eigenvalue weighted by Crippen LogP contribution is -2.13. The van der Waals surface area contributed by atoms with Crippen LogP contribution in [0.3, 0.4) is 0 Å². The Bertz CT molecular complexity index is 563. The lowest BCUT2D eigenvalue weighted by Gasteiger charge is -2.05. The molecule has 0 bridgehead atoms. The van der Waals surface area contributed by atoms with Crippen molar-refractivity contribution in [2.75, 3.05) is 5.32 Å².